The monoisotopic (exact) mass is 273 g/mol. The third kappa shape index (κ3) is 3.70. The zero-order valence-corrected chi connectivity index (χ0v) is 10.6. The largest absolute Gasteiger partial charge is 0.416 e. The van der Waals surface area contributed by atoms with Crippen LogP contribution in [0.5, 0.6) is 0 Å². The first-order valence-corrected chi connectivity index (χ1v) is 6.55. The smallest absolute Gasteiger partial charge is 0.394 e. The summed E-state index contributed by atoms with van der Waals surface area (Å²) in [5.41, 5.74) is -0.180. The van der Waals surface area contributed by atoms with Crippen LogP contribution in [-0.2, 0) is 6.18 Å². The lowest BCUT2D eigenvalue weighted by Gasteiger charge is -2.22. The molecule has 2 nitrogen and oxygen atoms in total. The Kier molecular flexibility index (Phi) is 4.47. The summed E-state index contributed by atoms with van der Waals surface area (Å²) >= 11 is 0. The Morgan fingerprint density at radius 2 is 1.95 bits per heavy atom. The molecule has 1 saturated carbocycles. The maximum Gasteiger partial charge on any atom is 0.416 e. The molecule has 2 rings (SSSR count). The highest BCUT2D eigenvalue weighted by Crippen LogP contribution is 2.31. The van der Waals surface area contributed by atoms with Gasteiger partial charge in [-0.2, -0.15) is 13.2 Å². The molecule has 19 heavy (non-hydrogen) atoms. The van der Waals surface area contributed by atoms with Crippen LogP contribution in [0.4, 0.5) is 13.2 Å². The summed E-state index contributed by atoms with van der Waals surface area (Å²) in [6.07, 6.45) is -0.0227. The summed E-state index contributed by atoms with van der Waals surface area (Å²) < 4.78 is 38.0. The van der Waals surface area contributed by atoms with Crippen LogP contribution in [0.25, 0.3) is 0 Å². The Labute approximate surface area is 110 Å². The molecule has 0 heterocycles. The van der Waals surface area contributed by atoms with Crippen molar-refractivity contribution in [2.75, 3.05) is 6.61 Å². The molecule has 2 N–H and O–H groups in total. The number of rotatable bonds is 4. The van der Waals surface area contributed by atoms with Crippen LogP contribution < -0.4 is 5.32 Å². The van der Waals surface area contributed by atoms with E-state index in [-0.39, 0.29) is 6.61 Å². The van der Waals surface area contributed by atoms with Crippen molar-refractivity contribution in [3.63, 3.8) is 0 Å². The van der Waals surface area contributed by atoms with E-state index < -0.39 is 17.8 Å². The van der Waals surface area contributed by atoms with E-state index in [1.54, 1.807) is 6.07 Å². The van der Waals surface area contributed by atoms with Gasteiger partial charge in [-0.1, -0.05) is 25.0 Å². The number of aliphatic hydroxyl groups excluding tert-OH is 1. The molecule has 0 saturated heterocycles. The van der Waals surface area contributed by atoms with E-state index in [1.165, 1.54) is 6.07 Å². The molecule has 106 valence electrons. The average Bonchev–Trinajstić information content (AvgIpc) is 2.88. The minimum Gasteiger partial charge on any atom is -0.394 e. The molecule has 0 aliphatic heterocycles. The molecule has 0 bridgehead atoms. The maximum absolute atomic E-state index is 12.7. The topological polar surface area (TPSA) is 32.3 Å². The van der Waals surface area contributed by atoms with Gasteiger partial charge in [-0.3, -0.25) is 0 Å². The molecule has 0 amide bonds. The lowest BCUT2D eigenvalue weighted by molar-refractivity contribution is -0.137. The van der Waals surface area contributed by atoms with Crippen LogP contribution in [-0.4, -0.2) is 17.8 Å². The second-order valence-corrected chi connectivity index (χ2v) is 5.01. The summed E-state index contributed by atoms with van der Waals surface area (Å²) in [6.45, 7) is -0.197. The zero-order chi connectivity index (χ0) is 13.9. The number of hydrogen-bond donors (Lipinski definition) is 2. The summed E-state index contributed by atoms with van der Waals surface area (Å²) in [5.74, 6) is 0. The molecule has 1 aromatic carbocycles. The third-order valence-electron chi connectivity index (χ3n) is 3.59. The molecule has 5 heteroatoms. The van der Waals surface area contributed by atoms with Crippen molar-refractivity contribution in [3.8, 4) is 0 Å². The minimum absolute atomic E-state index is 0.197. The van der Waals surface area contributed by atoms with Crippen LogP contribution >= 0.6 is 0 Å². The second-order valence-electron chi connectivity index (χ2n) is 5.01. The van der Waals surface area contributed by atoms with Crippen LogP contribution in [0, 0.1) is 0 Å². The number of benzene rings is 1. The van der Waals surface area contributed by atoms with E-state index in [0.717, 1.165) is 37.8 Å². The quantitative estimate of drug-likeness (QED) is 0.882. The first-order valence-electron chi connectivity index (χ1n) is 6.55. The highest BCUT2D eigenvalue weighted by molar-refractivity contribution is 5.28. The van der Waals surface area contributed by atoms with Gasteiger partial charge in [0.2, 0.25) is 0 Å². The summed E-state index contributed by atoms with van der Waals surface area (Å²) in [6, 6.07) is 5.04. The number of halogens is 3. The van der Waals surface area contributed by atoms with Gasteiger partial charge in [-0.25, -0.2) is 0 Å². The van der Waals surface area contributed by atoms with Gasteiger partial charge < -0.3 is 10.4 Å². The van der Waals surface area contributed by atoms with E-state index >= 15 is 0 Å². The molecule has 0 radical (unpaired) electrons. The molecule has 1 atom stereocenters. The summed E-state index contributed by atoms with van der Waals surface area (Å²) in [7, 11) is 0. The van der Waals surface area contributed by atoms with Crippen LogP contribution in [0.15, 0.2) is 24.3 Å². The van der Waals surface area contributed by atoms with Crippen molar-refractivity contribution in [3.05, 3.63) is 35.4 Å². The Morgan fingerprint density at radius 3 is 2.53 bits per heavy atom. The number of aliphatic hydroxyl groups is 1. The van der Waals surface area contributed by atoms with Crippen molar-refractivity contribution < 1.29 is 18.3 Å². The fourth-order valence-electron chi connectivity index (χ4n) is 2.56. The van der Waals surface area contributed by atoms with Gasteiger partial charge in [0.05, 0.1) is 18.2 Å². The van der Waals surface area contributed by atoms with Crippen molar-refractivity contribution in [2.24, 2.45) is 0 Å². The van der Waals surface area contributed by atoms with Gasteiger partial charge >= 0.3 is 6.18 Å². The van der Waals surface area contributed by atoms with Crippen molar-refractivity contribution in [1.82, 2.24) is 5.32 Å². The van der Waals surface area contributed by atoms with E-state index in [0.29, 0.717) is 11.6 Å². The van der Waals surface area contributed by atoms with Crippen LogP contribution in [0.3, 0.4) is 0 Å². The normalized spacial score (nSPS) is 18.7. The standard InChI is InChI=1S/C14H18F3NO/c15-14(16,17)11-5-3-4-10(8-11)13(9-19)18-12-6-1-2-7-12/h3-5,8,12-13,18-19H,1-2,6-7,9H2. The number of nitrogens with one attached hydrogen (secondary N) is 1. The summed E-state index contributed by atoms with van der Waals surface area (Å²) in [5, 5.41) is 12.6. The number of alkyl halides is 3. The molecule has 1 aliphatic rings. The first-order chi connectivity index (χ1) is 9.00. The first kappa shape index (κ1) is 14.3. The predicted octanol–water partition coefficient (Wildman–Crippen LogP) is 3.27. The van der Waals surface area contributed by atoms with Gasteiger partial charge in [0.15, 0.2) is 0 Å². The third-order valence-corrected chi connectivity index (χ3v) is 3.59. The molecule has 0 aromatic heterocycles. The van der Waals surface area contributed by atoms with Crippen molar-refractivity contribution >= 4 is 0 Å². The zero-order valence-electron chi connectivity index (χ0n) is 10.6. The van der Waals surface area contributed by atoms with Crippen molar-refractivity contribution in [1.29, 1.82) is 0 Å². The fraction of sp³-hybridized carbons (Fsp3) is 0.571. The van der Waals surface area contributed by atoms with Gasteiger partial charge in [0, 0.05) is 6.04 Å². The maximum atomic E-state index is 12.7. The van der Waals surface area contributed by atoms with Gasteiger partial charge in [-0.05, 0) is 30.5 Å². The molecule has 0 spiro atoms. The molecule has 1 aromatic rings. The molecular formula is C14H18F3NO. The Morgan fingerprint density at radius 1 is 1.26 bits per heavy atom. The SMILES string of the molecule is OCC(NC1CCCC1)c1cccc(C(F)(F)F)c1. The molecule has 1 aliphatic carbocycles. The number of hydrogen-bond acceptors (Lipinski definition) is 2. The lowest BCUT2D eigenvalue weighted by Crippen LogP contribution is -2.32. The second kappa shape index (κ2) is 5.92. The summed E-state index contributed by atoms with van der Waals surface area (Å²) in [4.78, 5) is 0. The highest BCUT2D eigenvalue weighted by Gasteiger charge is 2.31. The predicted molar refractivity (Wildman–Crippen MR) is 66.7 cm³/mol. The minimum atomic E-state index is -4.34. The molecular weight excluding hydrogens is 255 g/mol. The van der Waals surface area contributed by atoms with E-state index in [9.17, 15) is 18.3 Å². The highest BCUT2D eigenvalue weighted by atomic mass is 19.4. The van der Waals surface area contributed by atoms with Crippen LogP contribution in [0.2, 0.25) is 0 Å². The Hall–Kier alpha value is -1.07. The Bertz CT molecular complexity index is 413. The fourth-order valence-corrected chi connectivity index (χ4v) is 2.56. The van der Waals surface area contributed by atoms with Gasteiger partial charge in [0.25, 0.3) is 0 Å². The molecule has 1 unspecified atom stereocenters. The Balaban J connectivity index is 2.13. The van der Waals surface area contributed by atoms with Crippen LogP contribution in [0.1, 0.15) is 42.9 Å². The van der Waals surface area contributed by atoms with Crippen molar-refractivity contribution in [2.45, 2.75) is 43.9 Å². The van der Waals surface area contributed by atoms with Gasteiger partial charge in [-0.15, -0.1) is 0 Å². The molecule has 1 fully saturated rings. The van der Waals surface area contributed by atoms with Gasteiger partial charge in [0.1, 0.15) is 0 Å². The lowest BCUT2D eigenvalue weighted by atomic mass is 10.0. The van der Waals surface area contributed by atoms with E-state index in [1.807, 2.05) is 0 Å². The average molecular weight is 273 g/mol. The van der Waals surface area contributed by atoms with E-state index in [2.05, 4.69) is 5.32 Å². The van der Waals surface area contributed by atoms with E-state index in [4.69, 9.17) is 0 Å².